The lowest BCUT2D eigenvalue weighted by atomic mass is 9.87. The number of aliphatic hydroxyl groups excluding tert-OH is 1. The number of carbonyl (C=O) groups excluding carboxylic acids is 1. The third-order valence-electron chi connectivity index (χ3n) is 3.52. The largest absolute Gasteiger partial charge is 0.393 e. The van der Waals surface area contributed by atoms with Crippen molar-refractivity contribution in [3.05, 3.63) is 35.4 Å². The molecule has 1 atom stereocenters. The summed E-state index contributed by atoms with van der Waals surface area (Å²) in [5.74, 6) is 0. The number of carbonyl (C=O) groups is 1. The number of aliphatic hydroxyl groups is 1. The lowest BCUT2D eigenvalue weighted by Gasteiger charge is -2.26. The summed E-state index contributed by atoms with van der Waals surface area (Å²) < 4.78 is 0. The molecule has 1 aromatic carbocycles. The SMILES string of the molecule is Cc1ccccc1CCNC(=O)NCC(C)(C)CC(C)O. The molecule has 1 rings (SSSR count). The molecule has 4 heteroatoms. The fraction of sp³-hybridized carbons (Fsp3) is 0.588. The first-order valence-corrected chi connectivity index (χ1v) is 7.54. The molecule has 0 spiro atoms. The van der Waals surface area contributed by atoms with Crippen LogP contribution in [-0.4, -0.2) is 30.3 Å². The minimum Gasteiger partial charge on any atom is -0.393 e. The lowest BCUT2D eigenvalue weighted by Crippen LogP contribution is -2.42. The van der Waals surface area contributed by atoms with Crippen molar-refractivity contribution in [1.82, 2.24) is 10.6 Å². The number of hydrogen-bond acceptors (Lipinski definition) is 2. The first-order chi connectivity index (χ1) is 9.80. The number of urea groups is 1. The van der Waals surface area contributed by atoms with Gasteiger partial charge >= 0.3 is 6.03 Å². The smallest absolute Gasteiger partial charge is 0.314 e. The molecule has 118 valence electrons. The van der Waals surface area contributed by atoms with Gasteiger partial charge in [0, 0.05) is 13.1 Å². The van der Waals surface area contributed by atoms with E-state index in [2.05, 4.69) is 29.7 Å². The molecule has 0 bridgehead atoms. The first-order valence-electron chi connectivity index (χ1n) is 7.54. The Kier molecular flexibility index (Phi) is 6.69. The van der Waals surface area contributed by atoms with Gasteiger partial charge < -0.3 is 15.7 Å². The number of aryl methyl sites for hydroxylation is 1. The Labute approximate surface area is 128 Å². The van der Waals surface area contributed by atoms with Gasteiger partial charge in [-0.2, -0.15) is 0 Å². The van der Waals surface area contributed by atoms with Crippen LogP contribution in [0.5, 0.6) is 0 Å². The van der Waals surface area contributed by atoms with Crippen molar-refractivity contribution in [3.63, 3.8) is 0 Å². The Morgan fingerprint density at radius 3 is 2.57 bits per heavy atom. The molecule has 0 aliphatic carbocycles. The number of rotatable bonds is 7. The molecule has 0 aliphatic rings. The molecule has 0 fully saturated rings. The van der Waals surface area contributed by atoms with Crippen LogP contribution >= 0.6 is 0 Å². The lowest BCUT2D eigenvalue weighted by molar-refractivity contribution is 0.129. The predicted octanol–water partition coefficient (Wildman–Crippen LogP) is 2.63. The van der Waals surface area contributed by atoms with Crippen molar-refractivity contribution < 1.29 is 9.90 Å². The van der Waals surface area contributed by atoms with E-state index in [4.69, 9.17) is 0 Å². The van der Waals surface area contributed by atoms with Crippen LogP contribution in [-0.2, 0) is 6.42 Å². The average molecular weight is 292 g/mol. The second-order valence-corrected chi connectivity index (χ2v) is 6.50. The summed E-state index contributed by atoms with van der Waals surface area (Å²) in [7, 11) is 0. The van der Waals surface area contributed by atoms with Crippen molar-refractivity contribution in [2.24, 2.45) is 5.41 Å². The minimum atomic E-state index is -0.356. The highest BCUT2D eigenvalue weighted by Gasteiger charge is 2.20. The van der Waals surface area contributed by atoms with Crippen molar-refractivity contribution >= 4 is 6.03 Å². The molecule has 0 aromatic heterocycles. The molecule has 0 heterocycles. The Hall–Kier alpha value is -1.55. The summed E-state index contributed by atoms with van der Waals surface area (Å²) in [4.78, 5) is 11.8. The fourth-order valence-electron chi connectivity index (χ4n) is 2.46. The summed E-state index contributed by atoms with van der Waals surface area (Å²) in [6, 6.07) is 8.04. The zero-order chi connectivity index (χ0) is 15.9. The number of nitrogens with one attached hydrogen (secondary N) is 2. The molecule has 4 nitrogen and oxygen atoms in total. The maximum Gasteiger partial charge on any atom is 0.314 e. The van der Waals surface area contributed by atoms with Crippen LogP contribution in [0.4, 0.5) is 4.79 Å². The van der Waals surface area contributed by atoms with Crippen LogP contribution in [0.1, 0.15) is 38.3 Å². The molecule has 1 unspecified atom stereocenters. The molecule has 2 amide bonds. The Morgan fingerprint density at radius 2 is 1.95 bits per heavy atom. The molecule has 0 radical (unpaired) electrons. The zero-order valence-electron chi connectivity index (χ0n) is 13.6. The van der Waals surface area contributed by atoms with E-state index in [-0.39, 0.29) is 17.6 Å². The van der Waals surface area contributed by atoms with Crippen LogP contribution in [0.3, 0.4) is 0 Å². The van der Waals surface area contributed by atoms with E-state index in [1.54, 1.807) is 6.92 Å². The van der Waals surface area contributed by atoms with Gasteiger partial charge in [0.25, 0.3) is 0 Å². The van der Waals surface area contributed by atoms with Crippen LogP contribution in [0.2, 0.25) is 0 Å². The van der Waals surface area contributed by atoms with Gasteiger partial charge in [0.05, 0.1) is 6.10 Å². The summed E-state index contributed by atoms with van der Waals surface area (Å²) in [5, 5.41) is 15.2. The van der Waals surface area contributed by atoms with Crippen LogP contribution < -0.4 is 10.6 Å². The van der Waals surface area contributed by atoms with Crippen LogP contribution in [0.15, 0.2) is 24.3 Å². The summed E-state index contributed by atoms with van der Waals surface area (Å²) in [6.07, 6.45) is 1.14. The maximum atomic E-state index is 11.8. The molecule has 0 saturated heterocycles. The van der Waals surface area contributed by atoms with E-state index in [0.29, 0.717) is 19.5 Å². The van der Waals surface area contributed by atoms with E-state index >= 15 is 0 Å². The van der Waals surface area contributed by atoms with E-state index in [1.165, 1.54) is 11.1 Å². The van der Waals surface area contributed by atoms with Gasteiger partial charge in [-0.1, -0.05) is 38.1 Å². The summed E-state index contributed by atoms with van der Waals surface area (Å²) in [6.45, 7) is 9.08. The third-order valence-corrected chi connectivity index (χ3v) is 3.52. The maximum absolute atomic E-state index is 11.8. The zero-order valence-corrected chi connectivity index (χ0v) is 13.6. The van der Waals surface area contributed by atoms with Crippen molar-refractivity contribution in [2.45, 2.75) is 46.6 Å². The minimum absolute atomic E-state index is 0.110. The molecular formula is C17H28N2O2. The third kappa shape index (κ3) is 7.14. The first kappa shape index (κ1) is 17.5. The Morgan fingerprint density at radius 1 is 1.29 bits per heavy atom. The number of hydrogen-bond donors (Lipinski definition) is 3. The number of benzene rings is 1. The monoisotopic (exact) mass is 292 g/mol. The molecular weight excluding hydrogens is 264 g/mol. The van der Waals surface area contributed by atoms with E-state index < -0.39 is 0 Å². The molecule has 0 saturated carbocycles. The van der Waals surface area contributed by atoms with Crippen molar-refractivity contribution in [2.75, 3.05) is 13.1 Å². The summed E-state index contributed by atoms with van der Waals surface area (Å²) in [5.41, 5.74) is 2.40. The summed E-state index contributed by atoms with van der Waals surface area (Å²) >= 11 is 0. The highest BCUT2D eigenvalue weighted by Crippen LogP contribution is 2.20. The second kappa shape index (κ2) is 8.03. The predicted molar refractivity (Wildman–Crippen MR) is 86.4 cm³/mol. The Bertz CT molecular complexity index is 456. The van der Waals surface area contributed by atoms with E-state index in [1.807, 2.05) is 26.0 Å². The van der Waals surface area contributed by atoms with Gasteiger partial charge in [0.2, 0.25) is 0 Å². The quantitative estimate of drug-likeness (QED) is 0.723. The second-order valence-electron chi connectivity index (χ2n) is 6.50. The molecule has 0 aliphatic heterocycles. The molecule has 1 aromatic rings. The molecule has 3 N–H and O–H groups in total. The standard InChI is InChI=1S/C17H28N2O2/c1-13-7-5-6-8-15(13)9-10-18-16(21)19-12-17(3,4)11-14(2)20/h5-8,14,20H,9-12H2,1-4H3,(H2,18,19,21). The normalized spacial score (nSPS) is 12.8. The van der Waals surface area contributed by atoms with Gasteiger partial charge in [0.15, 0.2) is 0 Å². The van der Waals surface area contributed by atoms with E-state index in [0.717, 1.165) is 6.42 Å². The fourth-order valence-corrected chi connectivity index (χ4v) is 2.46. The van der Waals surface area contributed by atoms with Gasteiger partial charge in [-0.05, 0) is 43.2 Å². The number of amides is 2. The Balaban J connectivity index is 2.27. The highest BCUT2D eigenvalue weighted by atomic mass is 16.3. The molecule has 21 heavy (non-hydrogen) atoms. The van der Waals surface area contributed by atoms with Gasteiger partial charge in [-0.3, -0.25) is 0 Å². The van der Waals surface area contributed by atoms with Gasteiger partial charge in [-0.15, -0.1) is 0 Å². The van der Waals surface area contributed by atoms with Gasteiger partial charge in [0.1, 0.15) is 0 Å². The van der Waals surface area contributed by atoms with E-state index in [9.17, 15) is 9.90 Å². The van der Waals surface area contributed by atoms with Crippen LogP contribution in [0, 0.1) is 12.3 Å². The van der Waals surface area contributed by atoms with Crippen molar-refractivity contribution in [3.8, 4) is 0 Å². The highest BCUT2D eigenvalue weighted by molar-refractivity contribution is 5.73. The van der Waals surface area contributed by atoms with Crippen LogP contribution in [0.25, 0.3) is 0 Å². The van der Waals surface area contributed by atoms with Crippen molar-refractivity contribution in [1.29, 1.82) is 0 Å². The van der Waals surface area contributed by atoms with Gasteiger partial charge in [-0.25, -0.2) is 4.79 Å². The average Bonchev–Trinajstić information content (AvgIpc) is 2.37. The topological polar surface area (TPSA) is 61.4 Å².